The van der Waals surface area contributed by atoms with E-state index >= 15 is 0 Å². The summed E-state index contributed by atoms with van der Waals surface area (Å²) < 4.78 is 1.71. The summed E-state index contributed by atoms with van der Waals surface area (Å²) in [4.78, 5) is 28.6. The highest BCUT2D eigenvalue weighted by atomic mass is 16.2. The van der Waals surface area contributed by atoms with Gasteiger partial charge in [-0.3, -0.25) is 19.6 Å². The van der Waals surface area contributed by atoms with Crippen LogP contribution in [0, 0.1) is 0 Å². The van der Waals surface area contributed by atoms with Crippen molar-refractivity contribution < 1.29 is 9.59 Å². The molecule has 19 heavy (non-hydrogen) atoms. The third-order valence-electron chi connectivity index (χ3n) is 2.69. The maximum absolute atomic E-state index is 11.8. The van der Waals surface area contributed by atoms with Crippen LogP contribution in [0.3, 0.4) is 0 Å². The molecule has 0 atom stereocenters. The molecule has 6 heteroatoms. The lowest BCUT2D eigenvalue weighted by Gasteiger charge is -2.26. The first-order chi connectivity index (χ1) is 9.17. The van der Waals surface area contributed by atoms with Crippen LogP contribution in [0.2, 0.25) is 0 Å². The lowest BCUT2D eigenvalue weighted by Crippen LogP contribution is -2.50. The first kappa shape index (κ1) is 12.8. The Labute approximate surface area is 110 Å². The topological polar surface area (TPSA) is 67.2 Å². The third kappa shape index (κ3) is 2.47. The predicted octanol–water partition coefficient (Wildman–Crippen LogP) is 1.63. The molecule has 2 rings (SSSR count). The molecule has 1 fully saturated rings. The molecule has 1 N–H and O–H groups in total. The molecule has 0 saturated carbocycles. The number of nitrogens with zero attached hydrogens (tertiary/aromatic N) is 3. The summed E-state index contributed by atoms with van der Waals surface area (Å²) in [6, 6.07) is -0.444. The average molecular weight is 258 g/mol. The van der Waals surface area contributed by atoms with E-state index in [2.05, 4.69) is 23.5 Å². The van der Waals surface area contributed by atoms with E-state index in [1.54, 1.807) is 35.2 Å². The van der Waals surface area contributed by atoms with Crippen molar-refractivity contribution in [1.82, 2.24) is 14.9 Å². The highest BCUT2D eigenvalue weighted by molar-refractivity contribution is 6.05. The summed E-state index contributed by atoms with van der Waals surface area (Å²) in [5.74, 6) is 0.925. The second kappa shape index (κ2) is 5.34. The van der Waals surface area contributed by atoms with Crippen LogP contribution in [-0.2, 0) is 4.79 Å². The van der Waals surface area contributed by atoms with Gasteiger partial charge >= 0.3 is 6.03 Å². The number of imide groups is 1. The number of aromatic nitrogens is 2. The standard InChI is InChI=1S/C13H14N4O2/c1-3-5-7-16-10(4-2)14-9-12(16)17-8-6-11(18)15-13(17)19/h3-5,7,9H,1-2,6,8H2,(H,15,18,19)/b7-5-. The Kier molecular flexibility index (Phi) is 3.61. The van der Waals surface area contributed by atoms with Gasteiger partial charge in [-0.25, -0.2) is 9.78 Å². The lowest BCUT2D eigenvalue weighted by molar-refractivity contribution is -0.120. The Balaban J connectivity index is 2.39. The molecule has 1 aliphatic heterocycles. The second-order valence-electron chi connectivity index (χ2n) is 3.88. The van der Waals surface area contributed by atoms with Gasteiger partial charge in [-0.15, -0.1) is 0 Å². The minimum absolute atomic E-state index is 0.266. The summed E-state index contributed by atoms with van der Waals surface area (Å²) in [6.07, 6.45) is 8.51. The lowest BCUT2D eigenvalue weighted by atomic mass is 10.3. The van der Waals surface area contributed by atoms with E-state index in [-0.39, 0.29) is 12.3 Å². The second-order valence-corrected chi connectivity index (χ2v) is 3.88. The number of hydrogen-bond donors (Lipinski definition) is 1. The maximum atomic E-state index is 11.8. The molecular formula is C13H14N4O2. The van der Waals surface area contributed by atoms with E-state index < -0.39 is 6.03 Å². The van der Waals surface area contributed by atoms with E-state index in [0.717, 1.165) is 0 Å². The molecule has 1 aromatic heterocycles. The molecule has 1 aliphatic rings. The van der Waals surface area contributed by atoms with Gasteiger partial charge in [-0.2, -0.15) is 0 Å². The van der Waals surface area contributed by atoms with Crippen LogP contribution in [0.4, 0.5) is 10.6 Å². The van der Waals surface area contributed by atoms with Crippen LogP contribution in [0.5, 0.6) is 0 Å². The molecule has 0 unspecified atom stereocenters. The first-order valence-electron chi connectivity index (χ1n) is 5.77. The normalized spacial score (nSPS) is 15.7. The van der Waals surface area contributed by atoms with E-state index in [1.807, 2.05) is 0 Å². The Bertz CT molecular complexity index is 571. The van der Waals surface area contributed by atoms with Crippen molar-refractivity contribution in [3.63, 3.8) is 0 Å². The average Bonchev–Trinajstić information content (AvgIpc) is 2.79. The highest BCUT2D eigenvalue weighted by Crippen LogP contribution is 2.20. The highest BCUT2D eigenvalue weighted by Gasteiger charge is 2.26. The number of hydrogen-bond acceptors (Lipinski definition) is 3. The molecular weight excluding hydrogens is 244 g/mol. The van der Waals surface area contributed by atoms with Crippen LogP contribution >= 0.6 is 0 Å². The van der Waals surface area contributed by atoms with Crippen LogP contribution in [0.1, 0.15) is 12.2 Å². The van der Waals surface area contributed by atoms with Gasteiger partial charge in [0.1, 0.15) is 11.6 Å². The fourth-order valence-corrected chi connectivity index (χ4v) is 1.80. The maximum Gasteiger partial charge on any atom is 0.329 e. The Morgan fingerprint density at radius 1 is 1.37 bits per heavy atom. The van der Waals surface area contributed by atoms with Gasteiger partial charge < -0.3 is 0 Å². The van der Waals surface area contributed by atoms with Gasteiger partial charge in [0, 0.05) is 19.2 Å². The van der Waals surface area contributed by atoms with Crippen LogP contribution in [0.15, 0.2) is 31.5 Å². The van der Waals surface area contributed by atoms with Crippen molar-refractivity contribution >= 4 is 30.0 Å². The summed E-state index contributed by atoms with van der Waals surface area (Å²) in [5.41, 5.74) is 0. The zero-order valence-electron chi connectivity index (χ0n) is 10.4. The largest absolute Gasteiger partial charge is 0.329 e. The van der Waals surface area contributed by atoms with Crippen molar-refractivity contribution in [2.75, 3.05) is 11.4 Å². The van der Waals surface area contributed by atoms with Crippen molar-refractivity contribution in [2.24, 2.45) is 0 Å². The summed E-state index contributed by atoms with van der Waals surface area (Å²) in [7, 11) is 0. The van der Waals surface area contributed by atoms with Gasteiger partial charge in [0.05, 0.1) is 6.20 Å². The van der Waals surface area contributed by atoms with E-state index in [9.17, 15) is 9.59 Å². The SMILES string of the molecule is C=C/C=C\n1c(N2CCC(=O)NC2=O)cnc1C=C. The number of allylic oxidation sites excluding steroid dienone is 2. The number of anilines is 1. The molecule has 98 valence electrons. The van der Waals surface area contributed by atoms with Gasteiger partial charge in [0.25, 0.3) is 0 Å². The minimum Gasteiger partial charge on any atom is -0.286 e. The van der Waals surface area contributed by atoms with Gasteiger partial charge in [-0.1, -0.05) is 19.2 Å². The summed E-state index contributed by atoms with van der Waals surface area (Å²) in [6.45, 7) is 7.60. The number of amides is 3. The van der Waals surface area contributed by atoms with E-state index in [1.165, 1.54) is 4.90 Å². The van der Waals surface area contributed by atoms with Crippen LogP contribution in [-0.4, -0.2) is 28.0 Å². The Hall–Kier alpha value is -2.63. The van der Waals surface area contributed by atoms with Gasteiger partial charge in [0.2, 0.25) is 5.91 Å². The van der Waals surface area contributed by atoms with Crippen molar-refractivity contribution in [2.45, 2.75) is 6.42 Å². The monoisotopic (exact) mass is 258 g/mol. The number of carbonyl (C=O) groups is 2. The number of rotatable bonds is 4. The van der Waals surface area contributed by atoms with Gasteiger partial charge in [0.15, 0.2) is 0 Å². The molecule has 6 nitrogen and oxygen atoms in total. The molecule has 1 aromatic rings. The van der Waals surface area contributed by atoms with Crippen molar-refractivity contribution in [3.8, 4) is 0 Å². The number of carbonyl (C=O) groups excluding carboxylic acids is 2. The number of urea groups is 1. The molecule has 0 bridgehead atoms. The fraction of sp³-hybridized carbons (Fsp3) is 0.154. The quantitative estimate of drug-likeness (QED) is 0.835. The van der Waals surface area contributed by atoms with Crippen LogP contribution < -0.4 is 10.2 Å². The Morgan fingerprint density at radius 2 is 2.16 bits per heavy atom. The molecule has 0 aliphatic carbocycles. The Morgan fingerprint density at radius 3 is 2.79 bits per heavy atom. The zero-order valence-corrected chi connectivity index (χ0v) is 10.4. The summed E-state index contributed by atoms with van der Waals surface area (Å²) in [5, 5.41) is 2.28. The molecule has 1 saturated heterocycles. The predicted molar refractivity (Wildman–Crippen MR) is 73.3 cm³/mol. The van der Waals surface area contributed by atoms with E-state index in [4.69, 9.17) is 0 Å². The minimum atomic E-state index is -0.444. The molecule has 2 heterocycles. The van der Waals surface area contributed by atoms with E-state index in [0.29, 0.717) is 18.2 Å². The first-order valence-corrected chi connectivity index (χ1v) is 5.77. The van der Waals surface area contributed by atoms with Crippen molar-refractivity contribution in [3.05, 3.63) is 37.3 Å². The van der Waals surface area contributed by atoms with Gasteiger partial charge in [-0.05, 0) is 12.2 Å². The fourth-order valence-electron chi connectivity index (χ4n) is 1.80. The third-order valence-corrected chi connectivity index (χ3v) is 2.69. The zero-order chi connectivity index (χ0) is 13.8. The molecule has 0 spiro atoms. The molecule has 0 aromatic carbocycles. The van der Waals surface area contributed by atoms with Crippen LogP contribution in [0.25, 0.3) is 12.3 Å². The number of imidazole rings is 1. The number of nitrogens with one attached hydrogen (secondary N) is 1. The summed E-state index contributed by atoms with van der Waals surface area (Å²) >= 11 is 0. The smallest absolute Gasteiger partial charge is 0.286 e. The van der Waals surface area contributed by atoms with Crippen molar-refractivity contribution in [1.29, 1.82) is 0 Å². The molecule has 3 amide bonds. The molecule has 0 radical (unpaired) electrons.